The molecule has 0 aliphatic carbocycles. The second-order valence-electron chi connectivity index (χ2n) is 9.82. The minimum Gasteiger partial charge on any atom is -0.463 e. The van der Waals surface area contributed by atoms with Gasteiger partial charge in [0.1, 0.15) is 5.75 Å². The summed E-state index contributed by atoms with van der Waals surface area (Å²) in [6.45, 7) is 4.23. The third kappa shape index (κ3) is 3.37. The number of carbonyl (C=O) groups excluding carboxylic acids is 2. The second kappa shape index (κ2) is 8.06. The highest BCUT2D eigenvalue weighted by atomic mass is 16.5. The Balaban J connectivity index is 1.32. The highest BCUT2D eigenvalue weighted by Crippen LogP contribution is 2.51. The van der Waals surface area contributed by atoms with Gasteiger partial charge in [0, 0.05) is 33.5 Å². The molecule has 1 unspecified atom stereocenters. The van der Waals surface area contributed by atoms with Gasteiger partial charge in [0.25, 0.3) is 0 Å². The van der Waals surface area contributed by atoms with Gasteiger partial charge in [0.2, 0.25) is 5.72 Å². The summed E-state index contributed by atoms with van der Waals surface area (Å²) < 4.78 is 6.61. The number of rotatable bonds is 4. The number of fused-ring (bicyclic) bond motifs is 2. The van der Waals surface area contributed by atoms with Crippen molar-refractivity contribution in [3.05, 3.63) is 137 Å². The quantitative estimate of drug-likeness (QED) is 0.339. The molecule has 0 aromatic heterocycles. The van der Waals surface area contributed by atoms with Gasteiger partial charge in [-0.2, -0.15) is 0 Å². The van der Waals surface area contributed by atoms with Gasteiger partial charge in [-0.05, 0) is 68.0 Å². The van der Waals surface area contributed by atoms with Gasteiger partial charge in [0.15, 0.2) is 11.6 Å². The predicted octanol–water partition coefficient (Wildman–Crippen LogP) is 6.65. The van der Waals surface area contributed by atoms with Crippen LogP contribution < -0.4 is 10.1 Å². The molecule has 1 atom stereocenters. The number of nitrogens with one attached hydrogen (secondary N) is 1. The summed E-state index contributed by atoms with van der Waals surface area (Å²) in [5, 5.41) is 3.56. The molecule has 0 bridgehead atoms. The van der Waals surface area contributed by atoms with Crippen LogP contribution in [0, 0.1) is 0 Å². The third-order valence-electron chi connectivity index (χ3n) is 7.32. The molecule has 0 saturated heterocycles. The first-order valence-corrected chi connectivity index (χ1v) is 12.0. The van der Waals surface area contributed by atoms with Crippen LogP contribution in [0.2, 0.25) is 0 Å². The molecule has 1 spiro atoms. The summed E-state index contributed by atoms with van der Waals surface area (Å²) in [7, 11) is 0. The average Bonchev–Trinajstić information content (AvgIpc) is 3.13. The van der Waals surface area contributed by atoms with Crippen molar-refractivity contribution in [2.45, 2.75) is 25.0 Å². The minimum atomic E-state index is -0.818. The van der Waals surface area contributed by atoms with Crippen molar-refractivity contribution < 1.29 is 14.3 Å². The molecule has 4 aromatic carbocycles. The Bertz CT molecular complexity index is 1540. The van der Waals surface area contributed by atoms with Crippen LogP contribution in [-0.2, 0) is 5.41 Å². The lowest BCUT2D eigenvalue weighted by Gasteiger charge is -2.41. The Hall–Kier alpha value is -4.44. The van der Waals surface area contributed by atoms with Crippen molar-refractivity contribution in [3.8, 4) is 5.75 Å². The van der Waals surface area contributed by atoms with Crippen LogP contribution in [0.15, 0.2) is 103 Å². The van der Waals surface area contributed by atoms with Crippen LogP contribution in [0.25, 0.3) is 6.08 Å². The maximum atomic E-state index is 13.1. The first-order chi connectivity index (χ1) is 17.4. The molecule has 4 nitrogen and oxygen atoms in total. The van der Waals surface area contributed by atoms with Crippen LogP contribution in [-0.4, -0.2) is 17.3 Å². The van der Waals surface area contributed by atoms with Crippen LogP contribution in [0.4, 0.5) is 5.69 Å². The van der Waals surface area contributed by atoms with E-state index < -0.39 is 11.1 Å². The van der Waals surface area contributed by atoms with E-state index in [0.717, 1.165) is 16.8 Å². The smallest absolute Gasteiger partial charge is 0.209 e. The molecule has 176 valence electrons. The number of ether oxygens (including phenoxy) is 1. The fourth-order valence-corrected chi connectivity index (χ4v) is 5.11. The molecule has 2 aliphatic rings. The zero-order chi connectivity index (χ0) is 24.9. The molecule has 2 aliphatic heterocycles. The maximum absolute atomic E-state index is 13.1. The molecule has 0 amide bonds. The molecule has 0 radical (unpaired) electrons. The zero-order valence-electron chi connectivity index (χ0n) is 20.1. The Morgan fingerprint density at radius 1 is 0.694 bits per heavy atom. The molecule has 0 saturated carbocycles. The minimum absolute atomic E-state index is 0.00351. The van der Waals surface area contributed by atoms with Crippen molar-refractivity contribution in [2.75, 3.05) is 5.32 Å². The molecule has 2 heterocycles. The highest BCUT2D eigenvalue weighted by molar-refractivity contribution is 6.10. The van der Waals surface area contributed by atoms with Gasteiger partial charge in [-0.3, -0.25) is 9.59 Å². The number of hydrogen-bond acceptors (Lipinski definition) is 4. The second-order valence-corrected chi connectivity index (χ2v) is 9.82. The Kier molecular flexibility index (Phi) is 4.94. The topological polar surface area (TPSA) is 55.4 Å². The molecule has 1 N–H and O–H groups in total. The maximum Gasteiger partial charge on any atom is 0.209 e. The van der Waals surface area contributed by atoms with Gasteiger partial charge >= 0.3 is 0 Å². The van der Waals surface area contributed by atoms with Crippen LogP contribution >= 0.6 is 0 Å². The summed E-state index contributed by atoms with van der Waals surface area (Å²) in [6, 6.07) is 29.9. The van der Waals surface area contributed by atoms with E-state index in [-0.39, 0.29) is 11.6 Å². The molecule has 4 heteroatoms. The molecule has 4 aromatic rings. The normalized spacial score (nSPS) is 18.6. The SMILES string of the molecule is CC1(C)c2cc(C(=O)c3ccccc3)ccc2NC12C=Cc1cc(C(=O)c3ccccc3)ccc1O2. The summed E-state index contributed by atoms with van der Waals surface area (Å²) in [5.41, 5.74) is 4.12. The number of benzene rings is 4. The van der Waals surface area contributed by atoms with E-state index in [9.17, 15) is 9.59 Å². The lowest BCUT2D eigenvalue weighted by atomic mass is 9.76. The molecule has 6 rings (SSSR count). The fourth-order valence-electron chi connectivity index (χ4n) is 5.11. The molecular weight excluding hydrogens is 446 g/mol. The Morgan fingerprint density at radius 3 is 1.92 bits per heavy atom. The highest BCUT2D eigenvalue weighted by Gasteiger charge is 2.54. The van der Waals surface area contributed by atoms with Gasteiger partial charge < -0.3 is 10.1 Å². The summed E-state index contributed by atoms with van der Waals surface area (Å²) in [4.78, 5) is 26.0. The standard InChI is InChI=1S/C32H25NO3/c1-31(2)26-20-25(30(35)22-11-7-4-8-12-22)13-15-27(26)33-32(31)18-17-23-19-24(14-16-28(23)36-32)29(34)21-9-5-3-6-10-21/h3-20,33H,1-2H3. The lowest BCUT2D eigenvalue weighted by molar-refractivity contribution is 0.0822. The first-order valence-electron chi connectivity index (χ1n) is 12.0. The summed E-state index contributed by atoms with van der Waals surface area (Å²) in [5.74, 6) is 0.682. The Labute approximate surface area is 210 Å². The van der Waals surface area contributed by atoms with Crippen molar-refractivity contribution >= 4 is 23.3 Å². The van der Waals surface area contributed by atoms with Crippen LogP contribution in [0.1, 0.15) is 56.8 Å². The molecule has 36 heavy (non-hydrogen) atoms. The number of carbonyl (C=O) groups is 2. The van der Waals surface area contributed by atoms with Crippen molar-refractivity contribution in [1.29, 1.82) is 0 Å². The van der Waals surface area contributed by atoms with Crippen molar-refractivity contribution in [3.63, 3.8) is 0 Å². The van der Waals surface area contributed by atoms with Gasteiger partial charge in [-0.15, -0.1) is 0 Å². The van der Waals surface area contributed by atoms with Gasteiger partial charge in [0.05, 0.1) is 5.41 Å². The van der Waals surface area contributed by atoms with E-state index in [0.29, 0.717) is 28.0 Å². The monoisotopic (exact) mass is 471 g/mol. The van der Waals surface area contributed by atoms with E-state index in [1.807, 2.05) is 109 Å². The van der Waals surface area contributed by atoms with Gasteiger partial charge in [-0.25, -0.2) is 0 Å². The van der Waals surface area contributed by atoms with Crippen LogP contribution in [0.3, 0.4) is 0 Å². The van der Waals surface area contributed by atoms with E-state index in [1.54, 1.807) is 0 Å². The Morgan fingerprint density at radius 2 is 1.28 bits per heavy atom. The van der Waals surface area contributed by atoms with E-state index in [4.69, 9.17) is 4.74 Å². The number of ketones is 2. The molecular formula is C32H25NO3. The van der Waals surface area contributed by atoms with Crippen molar-refractivity contribution in [1.82, 2.24) is 0 Å². The van der Waals surface area contributed by atoms with Crippen molar-refractivity contribution in [2.24, 2.45) is 0 Å². The lowest BCUT2D eigenvalue weighted by Crippen LogP contribution is -2.53. The van der Waals surface area contributed by atoms with E-state index in [2.05, 4.69) is 19.2 Å². The van der Waals surface area contributed by atoms with Gasteiger partial charge in [-0.1, -0.05) is 60.7 Å². The summed E-state index contributed by atoms with van der Waals surface area (Å²) >= 11 is 0. The number of anilines is 1. The summed E-state index contributed by atoms with van der Waals surface area (Å²) in [6.07, 6.45) is 4.03. The predicted molar refractivity (Wildman–Crippen MR) is 142 cm³/mol. The fraction of sp³-hybridized carbons (Fsp3) is 0.125. The average molecular weight is 472 g/mol. The first kappa shape index (κ1) is 22.1. The largest absolute Gasteiger partial charge is 0.463 e. The van der Waals surface area contributed by atoms with Crippen LogP contribution in [0.5, 0.6) is 5.75 Å². The zero-order valence-corrected chi connectivity index (χ0v) is 20.1. The third-order valence-corrected chi connectivity index (χ3v) is 7.32. The van der Waals surface area contributed by atoms with E-state index in [1.165, 1.54) is 0 Å². The molecule has 0 fully saturated rings. The number of hydrogen-bond donors (Lipinski definition) is 1. The van der Waals surface area contributed by atoms with E-state index >= 15 is 0 Å².